The molecule has 4 nitrogen and oxygen atoms in total. The number of aromatic amines is 1. The number of hydrogen-bond acceptors (Lipinski definition) is 2. The van der Waals surface area contributed by atoms with Gasteiger partial charge in [0, 0.05) is 16.9 Å². The van der Waals surface area contributed by atoms with Gasteiger partial charge < -0.3 is 4.98 Å². The van der Waals surface area contributed by atoms with E-state index in [4.69, 9.17) is 0 Å². The number of rotatable bonds is 5. The maximum atomic E-state index is 12.0. The Bertz CT molecular complexity index is 526. The number of hydrogen-bond donors (Lipinski definition) is 3. The Kier molecular flexibility index (Phi) is 4.22. The highest BCUT2D eigenvalue weighted by atomic mass is 16.2. The first-order chi connectivity index (χ1) is 9.06. The van der Waals surface area contributed by atoms with Crippen LogP contribution in [0.3, 0.4) is 0 Å². The predicted octanol–water partition coefficient (Wildman–Crippen LogP) is 2.84. The van der Waals surface area contributed by atoms with E-state index in [0.717, 1.165) is 17.3 Å². The molecule has 1 aromatic carbocycles. The van der Waals surface area contributed by atoms with Gasteiger partial charge in [-0.2, -0.15) is 0 Å². The van der Waals surface area contributed by atoms with E-state index in [1.807, 2.05) is 30.3 Å². The minimum atomic E-state index is -0.133. The summed E-state index contributed by atoms with van der Waals surface area (Å²) >= 11 is 0. The van der Waals surface area contributed by atoms with Gasteiger partial charge in [0.15, 0.2) is 0 Å². The number of carbonyl (C=O) groups excluding carboxylic acids is 1. The Labute approximate surface area is 113 Å². The van der Waals surface area contributed by atoms with E-state index < -0.39 is 0 Å². The average molecular weight is 259 g/mol. The van der Waals surface area contributed by atoms with Crippen molar-refractivity contribution in [1.29, 1.82) is 0 Å². The highest BCUT2D eigenvalue weighted by Gasteiger charge is 2.10. The Hall–Kier alpha value is -1.81. The third-order valence-electron chi connectivity index (χ3n) is 3.03. The van der Waals surface area contributed by atoms with Crippen molar-refractivity contribution >= 4 is 16.8 Å². The molecular formula is C15H21N3O. The minimum absolute atomic E-state index is 0.133. The van der Waals surface area contributed by atoms with E-state index in [9.17, 15) is 4.79 Å². The lowest BCUT2D eigenvalue weighted by Gasteiger charge is -2.16. The van der Waals surface area contributed by atoms with Crippen molar-refractivity contribution < 1.29 is 4.79 Å². The summed E-state index contributed by atoms with van der Waals surface area (Å²) in [6.07, 6.45) is 1.02. The molecule has 1 unspecified atom stereocenters. The van der Waals surface area contributed by atoms with E-state index in [1.54, 1.807) is 0 Å². The number of aromatic nitrogens is 1. The molecule has 102 valence electrons. The molecule has 1 aromatic heterocycles. The topological polar surface area (TPSA) is 56.9 Å². The molecule has 0 saturated heterocycles. The maximum absolute atomic E-state index is 12.0. The van der Waals surface area contributed by atoms with Crippen LogP contribution in [0, 0.1) is 5.92 Å². The van der Waals surface area contributed by atoms with Crippen molar-refractivity contribution in [3.05, 3.63) is 36.0 Å². The van der Waals surface area contributed by atoms with Gasteiger partial charge in [-0.15, -0.1) is 0 Å². The Balaban J connectivity index is 1.96. The highest BCUT2D eigenvalue weighted by molar-refractivity contribution is 5.97. The molecule has 2 aromatic rings. The first-order valence-corrected chi connectivity index (χ1v) is 6.70. The molecule has 0 aliphatic rings. The first-order valence-electron chi connectivity index (χ1n) is 6.70. The fourth-order valence-electron chi connectivity index (χ4n) is 2.22. The third-order valence-corrected chi connectivity index (χ3v) is 3.03. The van der Waals surface area contributed by atoms with Crippen LogP contribution >= 0.6 is 0 Å². The fraction of sp³-hybridized carbons (Fsp3) is 0.400. The van der Waals surface area contributed by atoms with Crippen molar-refractivity contribution in [2.45, 2.75) is 33.2 Å². The predicted molar refractivity (Wildman–Crippen MR) is 77.8 cm³/mol. The average Bonchev–Trinajstić information content (AvgIpc) is 2.78. The number of nitrogens with one attached hydrogen (secondary N) is 3. The SMILES string of the molecule is CC(C)CC(C)NNC(=O)c1cc2ccccc2[nH]1. The van der Waals surface area contributed by atoms with Gasteiger partial charge in [0.25, 0.3) is 5.91 Å². The van der Waals surface area contributed by atoms with Crippen molar-refractivity contribution in [3.63, 3.8) is 0 Å². The molecule has 3 N–H and O–H groups in total. The molecule has 1 heterocycles. The summed E-state index contributed by atoms with van der Waals surface area (Å²) in [4.78, 5) is 15.1. The van der Waals surface area contributed by atoms with Crippen molar-refractivity contribution in [2.24, 2.45) is 5.92 Å². The molecule has 0 fully saturated rings. The zero-order valence-electron chi connectivity index (χ0n) is 11.7. The zero-order chi connectivity index (χ0) is 13.8. The number of hydrazine groups is 1. The second-order valence-electron chi connectivity index (χ2n) is 5.40. The number of benzene rings is 1. The number of carbonyl (C=O) groups is 1. The number of fused-ring (bicyclic) bond motifs is 1. The molecule has 0 radical (unpaired) electrons. The summed E-state index contributed by atoms with van der Waals surface area (Å²) in [7, 11) is 0. The van der Waals surface area contributed by atoms with Gasteiger partial charge in [-0.25, -0.2) is 5.43 Å². The molecule has 2 rings (SSSR count). The molecule has 1 atom stereocenters. The third kappa shape index (κ3) is 3.58. The van der Waals surface area contributed by atoms with Crippen LogP contribution in [0.2, 0.25) is 0 Å². The molecule has 0 aliphatic carbocycles. The monoisotopic (exact) mass is 259 g/mol. The van der Waals surface area contributed by atoms with Crippen LogP contribution in [-0.2, 0) is 0 Å². The van der Waals surface area contributed by atoms with Crippen LogP contribution in [0.1, 0.15) is 37.7 Å². The minimum Gasteiger partial charge on any atom is -0.350 e. The van der Waals surface area contributed by atoms with Gasteiger partial charge >= 0.3 is 0 Å². The first kappa shape index (κ1) is 13.6. The molecule has 0 bridgehead atoms. The lowest BCUT2D eigenvalue weighted by atomic mass is 10.1. The summed E-state index contributed by atoms with van der Waals surface area (Å²) in [5.41, 5.74) is 7.33. The van der Waals surface area contributed by atoms with Gasteiger partial charge in [-0.3, -0.25) is 10.2 Å². The largest absolute Gasteiger partial charge is 0.350 e. The Morgan fingerprint density at radius 1 is 1.26 bits per heavy atom. The standard InChI is InChI=1S/C15H21N3O/c1-10(2)8-11(3)17-18-15(19)14-9-12-6-4-5-7-13(12)16-14/h4-7,9-11,16-17H,8H2,1-3H3,(H,18,19). The Morgan fingerprint density at radius 3 is 2.68 bits per heavy atom. The summed E-state index contributed by atoms with van der Waals surface area (Å²) in [6.45, 7) is 6.39. The lowest BCUT2D eigenvalue weighted by molar-refractivity contribution is 0.0920. The van der Waals surface area contributed by atoms with Gasteiger partial charge in [0.1, 0.15) is 5.69 Å². The van der Waals surface area contributed by atoms with E-state index in [0.29, 0.717) is 11.6 Å². The number of H-pyrrole nitrogens is 1. The summed E-state index contributed by atoms with van der Waals surface area (Å²) in [5.74, 6) is 0.472. The van der Waals surface area contributed by atoms with E-state index in [2.05, 4.69) is 36.6 Å². The maximum Gasteiger partial charge on any atom is 0.281 e. The quantitative estimate of drug-likeness (QED) is 0.723. The smallest absolute Gasteiger partial charge is 0.281 e. The van der Waals surface area contributed by atoms with Crippen LogP contribution in [0.4, 0.5) is 0 Å². The van der Waals surface area contributed by atoms with Crippen LogP contribution in [0.25, 0.3) is 10.9 Å². The summed E-state index contributed by atoms with van der Waals surface area (Å²) < 4.78 is 0. The highest BCUT2D eigenvalue weighted by Crippen LogP contribution is 2.14. The van der Waals surface area contributed by atoms with Crippen molar-refractivity contribution in [3.8, 4) is 0 Å². The second-order valence-corrected chi connectivity index (χ2v) is 5.40. The van der Waals surface area contributed by atoms with Crippen molar-refractivity contribution in [1.82, 2.24) is 15.8 Å². The molecular weight excluding hydrogens is 238 g/mol. The molecule has 0 spiro atoms. The second kappa shape index (κ2) is 5.89. The zero-order valence-corrected chi connectivity index (χ0v) is 11.7. The van der Waals surface area contributed by atoms with Crippen LogP contribution in [0.5, 0.6) is 0 Å². The molecule has 19 heavy (non-hydrogen) atoms. The lowest BCUT2D eigenvalue weighted by Crippen LogP contribution is -2.43. The number of amides is 1. The fourth-order valence-corrected chi connectivity index (χ4v) is 2.22. The van der Waals surface area contributed by atoms with Gasteiger partial charge in [0.05, 0.1) is 0 Å². The summed E-state index contributed by atoms with van der Waals surface area (Å²) in [5, 5.41) is 1.04. The van der Waals surface area contributed by atoms with Crippen LogP contribution < -0.4 is 10.9 Å². The molecule has 4 heteroatoms. The van der Waals surface area contributed by atoms with Crippen LogP contribution in [0.15, 0.2) is 30.3 Å². The molecule has 0 saturated carbocycles. The molecule has 0 aliphatic heterocycles. The Morgan fingerprint density at radius 2 is 2.00 bits per heavy atom. The van der Waals surface area contributed by atoms with E-state index in [-0.39, 0.29) is 11.9 Å². The van der Waals surface area contributed by atoms with Gasteiger partial charge in [-0.1, -0.05) is 32.0 Å². The van der Waals surface area contributed by atoms with Gasteiger partial charge in [0.2, 0.25) is 0 Å². The number of para-hydroxylation sites is 1. The van der Waals surface area contributed by atoms with Gasteiger partial charge in [-0.05, 0) is 31.4 Å². The van der Waals surface area contributed by atoms with E-state index >= 15 is 0 Å². The van der Waals surface area contributed by atoms with E-state index in [1.165, 1.54) is 0 Å². The normalized spacial score (nSPS) is 12.8. The molecule has 1 amide bonds. The summed E-state index contributed by atoms with van der Waals surface area (Å²) in [6, 6.07) is 9.97. The van der Waals surface area contributed by atoms with Crippen molar-refractivity contribution in [2.75, 3.05) is 0 Å². The van der Waals surface area contributed by atoms with Crippen LogP contribution in [-0.4, -0.2) is 16.9 Å².